The number of benzene rings is 1. The molecule has 1 atom stereocenters. The van der Waals surface area contributed by atoms with Gasteiger partial charge in [-0.2, -0.15) is 5.10 Å². The number of amides is 1. The fraction of sp³-hybridized carbons (Fsp3) is 0.586. The molecule has 1 N–H and O–H groups in total. The smallest absolute Gasteiger partial charge is 0.410 e. The standard InChI is InChI=1S/C29H41N7O3/c1-20(2)38-22-6-7-24-23(16-22)27(33-32-24)25-17-26(31-19-30-25)35-14-12-34(13-15-35)10-8-21-9-11-36(18-21)28(37)39-29(3,4)5/h6-7,16-17,19-21H,8-15,18H2,1-5H3,(H,32,33)/t21-/m0/s1. The summed E-state index contributed by atoms with van der Waals surface area (Å²) in [5, 5.41) is 8.65. The summed E-state index contributed by atoms with van der Waals surface area (Å²) in [7, 11) is 0. The second-order valence-electron chi connectivity index (χ2n) is 11.9. The molecular weight excluding hydrogens is 494 g/mol. The highest BCUT2D eigenvalue weighted by atomic mass is 16.6. The first-order chi connectivity index (χ1) is 18.6. The maximum Gasteiger partial charge on any atom is 0.410 e. The molecule has 39 heavy (non-hydrogen) atoms. The number of ether oxygens (including phenoxy) is 2. The summed E-state index contributed by atoms with van der Waals surface area (Å²) in [6, 6.07) is 8.00. The van der Waals surface area contributed by atoms with E-state index in [0.29, 0.717) is 5.92 Å². The van der Waals surface area contributed by atoms with Crippen LogP contribution in [-0.2, 0) is 4.74 Å². The van der Waals surface area contributed by atoms with Gasteiger partial charge in [0.05, 0.1) is 17.3 Å². The van der Waals surface area contributed by atoms with Gasteiger partial charge in [-0.05, 0) is 78.1 Å². The Labute approximate surface area is 230 Å². The minimum atomic E-state index is -0.447. The quantitative estimate of drug-likeness (QED) is 0.470. The van der Waals surface area contributed by atoms with Crippen LogP contribution in [0.25, 0.3) is 22.3 Å². The molecule has 0 unspecified atom stereocenters. The van der Waals surface area contributed by atoms with E-state index in [1.165, 1.54) is 0 Å². The van der Waals surface area contributed by atoms with Crippen LogP contribution in [0.2, 0.25) is 0 Å². The van der Waals surface area contributed by atoms with Gasteiger partial charge < -0.3 is 19.3 Å². The van der Waals surface area contributed by atoms with Gasteiger partial charge in [0.1, 0.15) is 29.2 Å². The van der Waals surface area contributed by atoms with Gasteiger partial charge in [0.15, 0.2) is 0 Å². The van der Waals surface area contributed by atoms with Crippen LogP contribution in [0.15, 0.2) is 30.6 Å². The highest BCUT2D eigenvalue weighted by Gasteiger charge is 2.30. The monoisotopic (exact) mass is 535 g/mol. The van der Waals surface area contributed by atoms with E-state index in [4.69, 9.17) is 9.47 Å². The zero-order valence-corrected chi connectivity index (χ0v) is 23.8. The Balaban J connectivity index is 1.14. The van der Waals surface area contributed by atoms with Crippen molar-refractivity contribution >= 4 is 22.8 Å². The molecule has 210 valence electrons. The van der Waals surface area contributed by atoms with Crippen LogP contribution < -0.4 is 9.64 Å². The first-order valence-corrected chi connectivity index (χ1v) is 14.1. The van der Waals surface area contributed by atoms with E-state index in [1.54, 1.807) is 6.33 Å². The SMILES string of the molecule is CC(C)Oc1ccc2[nH]nc(-c3cc(N4CCN(CC[C@H]5CCN(C(=O)OC(C)(C)C)C5)CC4)ncn3)c2c1. The van der Waals surface area contributed by atoms with Gasteiger partial charge in [0.2, 0.25) is 0 Å². The molecule has 2 saturated heterocycles. The van der Waals surface area contributed by atoms with Crippen molar-refractivity contribution in [2.45, 2.75) is 59.2 Å². The number of nitrogens with zero attached hydrogens (tertiary/aromatic N) is 6. The highest BCUT2D eigenvalue weighted by Crippen LogP contribution is 2.30. The third kappa shape index (κ3) is 6.79. The lowest BCUT2D eigenvalue weighted by Gasteiger charge is -2.35. The summed E-state index contributed by atoms with van der Waals surface area (Å²) in [4.78, 5) is 28.2. The maximum absolute atomic E-state index is 12.4. The lowest BCUT2D eigenvalue weighted by atomic mass is 10.0. The van der Waals surface area contributed by atoms with Crippen LogP contribution >= 0.6 is 0 Å². The minimum Gasteiger partial charge on any atom is -0.491 e. The molecule has 0 radical (unpaired) electrons. The van der Waals surface area contributed by atoms with Crippen molar-refractivity contribution in [2.75, 3.05) is 50.7 Å². The molecule has 0 saturated carbocycles. The summed E-state index contributed by atoms with van der Waals surface area (Å²) in [6.07, 6.45) is 3.70. The van der Waals surface area contributed by atoms with Crippen LogP contribution in [0.1, 0.15) is 47.5 Å². The molecule has 5 rings (SSSR count). The summed E-state index contributed by atoms with van der Waals surface area (Å²) < 4.78 is 11.4. The number of piperazine rings is 1. The average molecular weight is 536 g/mol. The number of rotatable bonds is 7. The number of fused-ring (bicyclic) bond motifs is 1. The molecule has 2 aliphatic rings. The Morgan fingerprint density at radius 1 is 1.10 bits per heavy atom. The number of hydrogen-bond donors (Lipinski definition) is 1. The van der Waals surface area contributed by atoms with Gasteiger partial charge in [-0.3, -0.25) is 10.00 Å². The lowest BCUT2D eigenvalue weighted by Crippen LogP contribution is -2.47. The molecular formula is C29H41N7O3. The third-order valence-electron chi connectivity index (χ3n) is 7.29. The van der Waals surface area contributed by atoms with Crippen molar-refractivity contribution in [1.29, 1.82) is 0 Å². The number of carbonyl (C=O) groups is 1. The maximum atomic E-state index is 12.4. The molecule has 10 nitrogen and oxygen atoms in total. The molecule has 0 aliphatic carbocycles. The molecule has 2 aromatic heterocycles. The Kier molecular flexibility index (Phi) is 7.93. The zero-order chi connectivity index (χ0) is 27.6. The van der Waals surface area contributed by atoms with E-state index in [9.17, 15) is 4.79 Å². The fourth-order valence-electron chi connectivity index (χ4n) is 5.31. The molecule has 0 spiro atoms. The van der Waals surface area contributed by atoms with Crippen molar-refractivity contribution < 1.29 is 14.3 Å². The number of carbonyl (C=O) groups excluding carboxylic acids is 1. The number of likely N-dealkylation sites (tertiary alicyclic amines) is 1. The van der Waals surface area contributed by atoms with Gasteiger partial charge in [-0.1, -0.05) is 0 Å². The largest absolute Gasteiger partial charge is 0.491 e. The van der Waals surface area contributed by atoms with Gasteiger partial charge >= 0.3 is 6.09 Å². The van der Waals surface area contributed by atoms with Crippen LogP contribution in [0.4, 0.5) is 10.6 Å². The second kappa shape index (κ2) is 11.4. The number of nitrogens with one attached hydrogen (secondary N) is 1. The van der Waals surface area contributed by atoms with Crippen LogP contribution in [0.3, 0.4) is 0 Å². The predicted molar refractivity (Wildman–Crippen MR) is 152 cm³/mol. The average Bonchev–Trinajstić information content (AvgIpc) is 3.54. The topological polar surface area (TPSA) is 99.7 Å². The molecule has 1 amide bonds. The Morgan fingerprint density at radius 2 is 1.90 bits per heavy atom. The number of aromatic amines is 1. The molecule has 2 aliphatic heterocycles. The van der Waals surface area contributed by atoms with Crippen LogP contribution in [0.5, 0.6) is 5.75 Å². The van der Waals surface area contributed by atoms with E-state index in [-0.39, 0.29) is 12.2 Å². The molecule has 1 aromatic carbocycles. The van der Waals surface area contributed by atoms with Crippen LogP contribution in [0, 0.1) is 5.92 Å². The van der Waals surface area contributed by atoms with E-state index in [0.717, 1.165) is 92.5 Å². The number of aromatic nitrogens is 4. The Morgan fingerprint density at radius 3 is 2.64 bits per heavy atom. The fourth-order valence-corrected chi connectivity index (χ4v) is 5.31. The van der Waals surface area contributed by atoms with E-state index in [2.05, 4.69) is 30.0 Å². The van der Waals surface area contributed by atoms with Gasteiger partial charge in [0, 0.05) is 50.7 Å². The summed E-state index contributed by atoms with van der Waals surface area (Å²) >= 11 is 0. The first-order valence-electron chi connectivity index (χ1n) is 14.1. The predicted octanol–water partition coefficient (Wildman–Crippen LogP) is 4.58. The number of anilines is 1. The van der Waals surface area contributed by atoms with Crippen molar-refractivity contribution in [3.05, 3.63) is 30.6 Å². The normalized spacial score (nSPS) is 18.8. The highest BCUT2D eigenvalue weighted by molar-refractivity contribution is 5.93. The number of hydrogen-bond acceptors (Lipinski definition) is 8. The van der Waals surface area contributed by atoms with Gasteiger partial charge in [-0.15, -0.1) is 0 Å². The van der Waals surface area contributed by atoms with E-state index >= 15 is 0 Å². The van der Waals surface area contributed by atoms with Crippen molar-refractivity contribution in [2.24, 2.45) is 5.92 Å². The molecule has 4 heterocycles. The second-order valence-corrected chi connectivity index (χ2v) is 11.9. The molecule has 0 bridgehead atoms. The van der Waals surface area contributed by atoms with Gasteiger partial charge in [0.25, 0.3) is 0 Å². The summed E-state index contributed by atoms with van der Waals surface area (Å²) in [5.74, 6) is 2.28. The summed E-state index contributed by atoms with van der Waals surface area (Å²) in [6.45, 7) is 16.2. The number of H-pyrrole nitrogens is 1. The van der Waals surface area contributed by atoms with E-state index < -0.39 is 5.60 Å². The first kappa shape index (κ1) is 27.2. The molecule has 10 heteroatoms. The molecule has 3 aromatic rings. The third-order valence-corrected chi connectivity index (χ3v) is 7.29. The minimum absolute atomic E-state index is 0.104. The van der Waals surface area contributed by atoms with Crippen molar-refractivity contribution in [1.82, 2.24) is 30.0 Å². The van der Waals surface area contributed by atoms with Crippen LogP contribution in [-0.4, -0.2) is 93.6 Å². The zero-order valence-electron chi connectivity index (χ0n) is 23.8. The molecule has 2 fully saturated rings. The Hall–Kier alpha value is -3.40. The van der Waals surface area contributed by atoms with Gasteiger partial charge in [-0.25, -0.2) is 14.8 Å². The van der Waals surface area contributed by atoms with Crippen molar-refractivity contribution in [3.8, 4) is 17.1 Å². The lowest BCUT2D eigenvalue weighted by molar-refractivity contribution is 0.0287. The Bertz CT molecular complexity index is 1280. The van der Waals surface area contributed by atoms with E-state index in [1.807, 2.05) is 63.8 Å². The summed E-state index contributed by atoms with van der Waals surface area (Å²) in [5.41, 5.74) is 2.10. The van der Waals surface area contributed by atoms with Crippen molar-refractivity contribution in [3.63, 3.8) is 0 Å².